The molecule has 0 saturated carbocycles. The molecule has 0 unspecified atom stereocenters. The van der Waals surface area contributed by atoms with Gasteiger partial charge >= 0.3 is 0 Å². The van der Waals surface area contributed by atoms with E-state index in [1.807, 2.05) is 68.4 Å². The van der Waals surface area contributed by atoms with Gasteiger partial charge in [-0.3, -0.25) is 19.8 Å². The van der Waals surface area contributed by atoms with E-state index in [9.17, 15) is 9.59 Å². The molecule has 1 saturated heterocycles. The second kappa shape index (κ2) is 10.2. The lowest BCUT2D eigenvalue weighted by molar-refractivity contribution is -0.122. The number of amides is 2. The molecule has 172 valence electrons. The summed E-state index contributed by atoms with van der Waals surface area (Å²) < 4.78 is 7.54. The zero-order chi connectivity index (χ0) is 24.4. The number of hydrogen-bond donors (Lipinski definition) is 1. The average Bonchev–Trinajstić information content (AvgIpc) is 2.79. The minimum atomic E-state index is -0.555. The van der Waals surface area contributed by atoms with Crippen molar-refractivity contribution in [3.8, 4) is 5.75 Å². The zero-order valence-electron chi connectivity index (χ0n) is 18.4. The number of ether oxygens (including phenoxy) is 1. The first-order valence-corrected chi connectivity index (χ1v) is 12.4. The Kier molecular flexibility index (Phi) is 7.30. The van der Waals surface area contributed by atoms with Gasteiger partial charge in [-0.15, -0.1) is 0 Å². The van der Waals surface area contributed by atoms with E-state index in [0.717, 1.165) is 21.2 Å². The van der Waals surface area contributed by atoms with Gasteiger partial charge in [0.1, 0.15) is 17.9 Å². The Hall–Kier alpha value is -2.81. The monoisotopic (exact) mass is 598 g/mol. The molecule has 1 N–H and O–H groups in total. The van der Waals surface area contributed by atoms with Gasteiger partial charge in [-0.1, -0.05) is 52.3 Å². The van der Waals surface area contributed by atoms with E-state index in [4.69, 9.17) is 17.0 Å². The van der Waals surface area contributed by atoms with Crippen molar-refractivity contribution in [1.29, 1.82) is 0 Å². The van der Waals surface area contributed by atoms with Gasteiger partial charge in [0, 0.05) is 10.0 Å². The lowest BCUT2D eigenvalue weighted by atomic mass is 10.0. The molecule has 3 aromatic rings. The van der Waals surface area contributed by atoms with Crippen LogP contribution in [0.15, 0.2) is 75.2 Å². The highest BCUT2D eigenvalue weighted by Gasteiger charge is 2.35. The number of anilines is 1. The van der Waals surface area contributed by atoms with Gasteiger partial charge in [0.25, 0.3) is 11.8 Å². The second-order valence-corrected chi connectivity index (χ2v) is 9.96. The quantitative estimate of drug-likeness (QED) is 0.214. The van der Waals surface area contributed by atoms with E-state index < -0.39 is 11.8 Å². The molecule has 5 nitrogen and oxygen atoms in total. The fraction of sp³-hybridized carbons (Fsp3) is 0.115. The molecule has 34 heavy (non-hydrogen) atoms. The predicted molar refractivity (Wildman–Crippen MR) is 145 cm³/mol. The molecule has 1 heterocycles. The molecular weight excluding hydrogens is 580 g/mol. The number of rotatable bonds is 5. The van der Waals surface area contributed by atoms with Gasteiger partial charge in [0.05, 0.1) is 10.2 Å². The van der Waals surface area contributed by atoms with Crippen LogP contribution in [0.1, 0.15) is 22.3 Å². The molecule has 8 heteroatoms. The van der Waals surface area contributed by atoms with Crippen molar-refractivity contribution in [2.45, 2.75) is 20.5 Å². The van der Waals surface area contributed by atoms with E-state index in [1.54, 1.807) is 6.07 Å². The van der Waals surface area contributed by atoms with E-state index in [0.29, 0.717) is 28.1 Å². The molecule has 0 radical (unpaired) electrons. The van der Waals surface area contributed by atoms with Gasteiger partial charge < -0.3 is 4.74 Å². The molecule has 1 fully saturated rings. The molecule has 1 aliphatic heterocycles. The number of halogens is 2. The normalized spacial score (nSPS) is 15.0. The topological polar surface area (TPSA) is 58.6 Å². The van der Waals surface area contributed by atoms with E-state index in [-0.39, 0.29) is 10.7 Å². The highest BCUT2D eigenvalue weighted by Crippen LogP contribution is 2.35. The summed E-state index contributed by atoms with van der Waals surface area (Å²) in [4.78, 5) is 27.6. The van der Waals surface area contributed by atoms with Crippen LogP contribution < -0.4 is 15.0 Å². The number of hydrogen-bond acceptors (Lipinski definition) is 4. The molecule has 3 aromatic carbocycles. The van der Waals surface area contributed by atoms with Gasteiger partial charge in [-0.25, -0.2) is 0 Å². The van der Waals surface area contributed by atoms with Crippen molar-refractivity contribution in [2.24, 2.45) is 0 Å². The molecule has 0 spiro atoms. The first-order valence-electron chi connectivity index (χ1n) is 10.4. The maximum Gasteiger partial charge on any atom is 0.270 e. The maximum absolute atomic E-state index is 13.5. The van der Waals surface area contributed by atoms with Crippen LogP contribution in [-0.4, -0.2) is 16.9 Å². The average molecular weight is 600 g/mol. The number of nitrogens with one attached hydrogen (secondary N) is 1. The van der Waals surface area contributed by atoms with Crippen LogP contribution >= 0.6 is 44.1 Å². The lowest BCUT2D eigenvalue weighted by Gasteiger charge is -2.29. The second-order valence-electron chi connectivity index (χ2n) is 7.81. The zero-order valence-corrected chi connectivity index (χ0v) is 22.4. The van der Waals surface area contributed by atoms with Crippen LogP contribution in [-0.2, 0) is 16.2 Å². The van der Waals surface area contributed by atoms with E-state index in [2.05, 4.69) is 37.2 Å². The number of benzene rings is 3. The van der Waals surface area contributed by atoms with Crippen LogP contribution in [0.2, 0.25) is 0 Å². The summed E-state index contributed by atoms with van der Waals surface area (Å²) in [6.45, 7) is 4.28. The van der Waals surface area contributed by atoms with Crippen molar-refractivity contribution in [3.63, 3.8) is 0 Å². The highest BCUT2D eigenvalue weighted by atomic mass is 79.9. The number of carbonyl (C=O) groups excluding carboxylic acids is 2. The first kappa shape index (κ1) is 24.3. The summed E-state index contributed by atoms with van der Waals surface area (Å²) >= 11 is 12.3. The van der Waals surface area contributed by atoms with Crippen LogP contribution in [0.5, 0.6) is 5.75 Å². The largest absolute Gasteiger partial charge is 0.487 e. The molecular formula is C26H20Br2N2O3S. The van der Waals surface area contributed by atoms with Gasteiger partial charge in [0.2, 0.25) is 0 Å². The van der Waals surface area contributed by atoms with Crippen molar-refractivity contribution in [1.82, 2.24) is 5.32 Å². The standard InChI is InChI=1S/C26H20Br2N2O3S/c1-15-8-9-20(10-16(15)2)30-25(32)21(24(31)29-26(30)34)12-18-11-19(27)13-22(28)23(18)33-14-17-6-4-3-5-7-17/h3-13H,14H2,1-2H3,(H,29,31,34)/b21-12+. The summed E-state index contributed by atoms with van der Waals surface area (Å²) in [6, 6.07) is 19.0. The maximum atomic E-state index is 13.5. The SMILES string of the molecule is Cc1ccc(N2C(=O)/C(=C/c3cc(Br)cc(Br)c3OCc3ccccc3)C(=O)NC2=S)cc1C. The minimum absolute atomic E-state index is 0.0404. The fourth-order valence-electron chi connectivity index (χ4n) is 3.48. The number of nitrogens with zero attached hydrogens (tertiary/aromatic N) is 1. The number of aryl methyl sites for hydroxylation is 2. The third kappa shape index (κ3) is 5.14. The Labute approximate surface area is 220 Å². The molecule has 0 aromatic heterocycles. The third-order valence-electron chi connectivity index (χ3n) is 5.41. The fourth-order valence-corrected chi connectivity index (χ4v) is 5.14. The summed E-state index contributed by atoms with van der Waals surface area (Å²) in [7, 11) is 0. The van der Waals surface area contributed by atoms with Crippen LogP contribution in [0.4, 0.5) is 5.69 Å². The van der Waals surface area contributed by atoms with Gasteiger partial charge in [0.15, 0.2) is 5.11 Å². The number of carbonyl (C=O) groups is 2. The molecule has 4 rings (SSSR count). The van der Waals surface area contributed by atoms with Crippen molar-refractivity contribution < 1.29 is 14.3 Å². The predicted octanol–water partition coefficient (Wildman–Crippen LogP) is 6.24. The highest BCUT2D eigenvalue weighted by molar-refractivity contribution is 9.11. The van der Waals surface area contributed by atoms with Crippen LogP contribution in [0.3, 0.4) is 0 Å². The van der Waals surface area contributed by atoms with Crippen molar-refractivity contribution in [3.05, 3.63) is 97.4 Å². The summed E-state index contributed by atoms with van der Waals surface area (Å²) in [5, 5.41) is 2.68. The summed E-state index contributed by atoms with van der Waals surface area (Å²) in [5.74, 6) is -0.534. The van der Waals surface area contributed by atoms with Crippen molar-refractivity contribution in [2.75, 3.05) is 4.90 Å². The molecule has 1 aliphatic rings. The van der Waals surface area contributed by atoms with Crippen molar-refractivity contribution >= 4 is 72.8 Å². The lowest BCUT2D eigenvalue weighted by Crippen LogP contribution is -2.54. The van der Waals surface area contributed by atoms with E-state index in [1.165, 1.54) is 11.0 Å². The van der Waals surface area contributed by atoms with Crippen LogP contribution in [0, 0.1) is 13.8 Å². The Balaban J connectivity index is 1.73. The molecule has 2 amide bonds. The molecule has 0 atom stereocenters. The summed E-state index contributed by atoms with van der Waals surface area (Å²) in [6.07, 6.45) is 1.53. The molecule has 0 aliphatic carbocycles. The summed E-state index contributed by atoms with van der Waals surface area (Å²) in [5.41, 5.74) is 4.24. The third-order valence-corrected chi connectivity index (χ3v) is 6.74. The Morgan fingerprint density at radius 3 is 2.44 bits per heavy atom. The van der Waals surface area contributed by atoms with Crippen LogP contribution in [0.25, 0.3) is 6.08 Å². The number of thiocarbonyl (C=S) groups is 1. The smallest absolute Gasteiger partial charge is 0.270 e. The first-order chi connectivity index (χ1) is 16.2. The van der Waals surface area contributed by atoms with E-state index >= 15 is 0 Å². The Morgan fingerprint density at radius 2 is 1.74 bits per heavy atom. The van der Waals surface area contributed by atoms with Gasteiger partial charge in [-0.05, 0) is 89.0 Å². The Bertz CT molecular complexity index is 1340. The minimum Gasteiger partial charge on any atom is -0.487 e. The molecule has 0 bridgehead atoms. The Morgan fingerprint density at radius 1 is 1.00 bits per heavy atom. The van der Waals surface area contributed by atoms with Gasteiger partial charge in [-0.2, -0.15) is 0 Å².